The van der Waals surface area contributed by atoms with E-state index in [1.54, 1.807) is 24.3 Å². The number of anilines is 5. The molecule has 0 spiro atoms. The van der Waals surface area contributed by atoms with Crippen LogP contribution in [0.3, 0.4) is 0 Å². The number of alkyl halides is 5. The number of hydrogen-bond acceptors (Lipinski definition) is 8. The maximum atomic E-state index is 14.0. The molecule has 1 aromatic heterocycles. The van der Waals surface area contributed by atoms with Crippen molar-refractivity contribution < 1.29 is 26.7 Å². The first-order chi connectivity index (χ1) is 22.8. The van der Waals surface area contributed by atoms with Crippen molar-refractivity contribution in [2.75, 3.05) is 54.8 Å². The van der Waals surface area contributed by atoms with Gasteiger partial charge in [-0.05, 0) is 69.0 Å². The van der Waals surface area contributed by atoms with E-state index < -0.39 is 36.3 Å². The third kappa shape index (κ3) is 7.49. The number of carbonyl (C=O) groups excluding carboxylic acids is 1. The maximum absolute atomic E-state index is 14.0. The fraction of sp³-hybridized carbons (Fsp3) is 0.500. The average molecular weight is 673 g/mol. The smallest absolute Gasteiger partial charge is 0.371 e. The van der Waals surface area contributed by atoms with Gasteiger partial charge in [0.15, 0.2) is 0 Å². The standard InChI is InChI=1S/C34H41F5N8O/c1-33(2,3)47-15-13-46(14-16-47)23-9-11-45(12-10-23)24-7-8-26(22(17-24)18-28(35)36)43-32-41-20-25(34(37,38)39)30(44-32)42-27-6-4-5-21-19-40-31(48)29(21)27/h4-8,17,20,23,28H,9-16,18-19H2,1-3H3,(H,40,48)(H2,41,42,43,44). The van der Waals surface area contributed by atoms with Crippen LogP contribution in [0.15, 0.2) is 42.6 Å². The molecule has 3 aliphatic heterocycles. The Balaban J connectivity index is 1.18. The number of benzene rings is 2. The molecule has 4 heterocycles. The summed E-state index contributed by atoms with van der Waals surface area (Å²) < 4.78 is 69.4. The van der Waals surface area contributed by atoms with Gasteiger partial charge in [0, 0.05) is 81.4 Å². The second-order valence-corrected chi connectivity index (χ2v) is 13.6. The van der Waals surface area contributed by atoms with E-state index in [1.165, 1.54) is 6.07 Å². The molecule has 0 aliphatic carbocycles. The quantitative estimate of drug-likeness (QED) is 0.237. The average Bonchev–Trinajstić information content (AvgIpc) is 3.42. The van der Waals surface area contributed by atoms with Gasteiger partial charge < -0.3 is 20.9 Å². The van der Waals surface area contributed by atoms with Crippen LogP contribution in [0.25, 0.3) is 0 Å². The molecule has 9 nitrogen and oxygen atoms in total. The van der Waals surface area contributed by atoms with Crippen molar-refractivity contribution in [2.45, 2.75) is 70.8 Å². The Morgan fingerprint density at radius 1 is 0.958 bits per heavy atom. The predicted molar refractivity (Wildman–Crippen MR) is 175 cm³/mol. The van der Waals surface area contributed by atoms with Gasteiger partial charge >= 0.3 is 6.18 Å². The lowest BCUT2D eigenvalue weighted by Crippen LogP contribution is -2.57. The molecule has 6 rings (SSSR count). The number of nitrogens with one attached hydrogen (secondary N) is 3. The van der Waals surface area contributed by atoms with Crippen LogP contribution in [-0.4, -0.2) is 82.9 Å². The molecular formula is C34H41F5N8O. The Labute approximate surface area is 276 Å². The molecule has 3 N–H and O–H groups in total. The number of nitrogens with zero attached hydrogens (tertiary/aromatic N) is 5. The zero-order valence-electron chi connectivity index (χ0n) is 27.3. The highest BCUT2D eigenvalue weighted by atomic mass is 19.4. The van der Waals surface area contributed by atoms with Gasteiger partial charge in [-0.3, -0.25) is 14.6 Å². The fourth-order valence-corrected chi connectivity index (χ4v) is 6.86. The number of aromatic nitrogens is 2. The third-order valence-corrected chi connectivity index (χ3v) is 9.48. The van der Waals surface area contributed by atoms with Crippen molar-refractivity contribution >= 4 is 34.7 Å². The largest absolute Gasteiger partial charge is 0.421 e. The second kappa shape index (κ2) is 13.5. The molecule has 14 heteroatoms. The zero-order valence-corrected chi connectivity index (χ0v) is 27.3. The van der Waals surface area contributed by atoms with Crippen LogP contribution in [0.4, 0.5) is 50.8 Å². The zero-order chi connectivity index (χ0) is 34.2. The molecule has 0 saturated carbocycles. The molecule has 0 radical (unpaired) electrons. The lowest BCUT2D eigenvalue weighted by molar-refractivity contribution is -0.137. The molecule has 0 bridgehead atoms. The van der Waals surface area contributed by atoms with Gasteiger partial charge in [-0.2, -0.15) is 18.2 Å². The molecule has 3 aromatic rings. The Morgan fingerprint density at radius 3 is 2.35 bits per heavy atom. The minimum Gasteiger partial charge on any atom is -0.371 e. The van der Waals surface area contributed by atoms with Crippen LogP contribution >= 0.6 is 0 Å². The molecule has 2 aromatic carbocycles. The number of piperidine rings is 1. The first kappa shape index (κ1) is 33.8. The summed E-state index contributed by atoms with van der Waals surface area (Å²) in [4.78, 5) is 27.6. The summed E-state index contributed by atoms with van der Waals surface area (Å²) in [5.74, 6) is -1.19. The van der Waals surface area contributed by atoms with Crippen molar-refractivity contribution in [3.63, 3.8) is 0 Å². The highest BCUT2D eigenvalue weighted by molar-refractivity contribution is 6.04. The number of hydrogen-bond donors (Lipinski definition) is 3. The number of piperazine rings is 1. The summed E-state index contributed by atoms with van der Waals surface area (Å²) in [7, 11) is 0. The van der Waals surface area contributed by atoms with E-state index >= 15 is 0 Å². The number of rotatable bonds is 8. The van der Waals surface area contributed by atoms with E-state index in [2.05, 4.69) is 61.4 Å². The first-order valence-electron chi connectivity index (χ1n) is 16.3. The Kier molecular flexibility index (Phi) is 9.49. The van der Waals surface area contributed by atoms with Crippen molar-refractivity contribution in [3.05, 3.63) is 64.8 Å². The molecular weight excluding hydrogens is 631 g/mol. The number of halogens is 5. The summed E-state index contributed by atoms with van der Waals surface area (Å²) >= 11 is 0. The molecule has 0 unspecified atom stereocenters. The van der Waals surface area contributed by atoms with Gasteiger partial charge in [-0.15, -0.1) is 0 Å². The van der Waals surface area contributed by atoms with E-state index in [9.17, 15) is 26.7 Å². The molecule has 1 amide bonds. The summed E-state index contributed by atoms with van der Waals surface area (Å²) in [5, 5.41) is 8.19. The van der Waals surface area contributed by atoms with Crippen LogP contribution in [0.2, 0.25) is 0 Å². The molecule has 2 fully saturated rings. The Hall–Kier alpha value is -4.04. The lowest BCUT2D eigenvalue weighted by atomic mass is 9.99. The minimum atomic E-state index is -4.79. The highest BCUT2D eigenvalue weighted by Crippen LogP contribution is 2.37. The number of amides is 1. The van der Waals surface area contributed by atoms with Gasteiger partial charge in [0.1, 0.15) is 11.4 Å². The third-order valence-electron chi connectivity index (χ3n) is 9.48. The Morgan fingerprint density at radius 2 is 1.69 bits per heavy atom. The van der Waals surface area contributed by atoms with Crippen LogP contribution in [-0.2, 0) is 19.1 Å². The van der Waals surface area contributed by atoms with Crippen molar-refractivity contribution in [3.8, 4) is 0 Å². The lowest BCUT2D eigenvalue weighted by Gasteiger charge is -2.46. The van der Waals surface area contributed by atoms with Crippen molar-refractivity contribution in [2.24, 2.45) is 0 Å². The van der Waals surface area contributed by atoms with Crippen LogP contribution < -0.4 is 20.9 Å². The van der Waals surface area contributed by atoms with E-state index in [-0.39, 0.29) is 35.0 Å². The van der Waals surface area contributed by atoms with E-state index in [4.69, 9.17) is 0 Å². The normalized spacial score (nSPS) is 18.3. The minimum absolute atomic E-state index is 0.159. The van der Waals surface area contributed by atoms with Crippen molar-refractivity contribution in [1.82, 2.24) is 25.1 Å². The topological polar surface area (TPSA) is 88.7 Å². The predicted octanol–water partition coefficient (Wildman–Crippen LogP) is 6.42. The van der Waals surface area contributed by atoms with Crippen LogP contribution in [0.5, 0.6) is 0 Å². The van der Waals surface area contributed by atoms with Gasteiger partial charge in [0.05, 0.1) is 11.3 Å². The van der Waals surface area contributed by atoms with Gasteiger partial charge in [-0.1, -0.05) is 12.1 Å². The summed E-state index contributed by atoms with van der Waals surface area (Å²) in [6.07, 6.45) is -5.41. The molecule has 0 atom stereocenters. The van der Waals surface area contributed by atoms with Crippen LogP contribution in [0, 0.1) is 0 Å². The summed E-state index contributed by atoms with van der Waals surface area (Å²) in [5.41, 5.74) is 1.47. The van der Waals surface area contributed by atoms with Gasteiger partial charge in [-0.25, -0.2) is 13.8 Å². The Bertz CT molecular complexity index is 1630. The monoisotopic (exact) mass is 672 g/mol. The SMILES string of the molecule is CC(C)(C)N1CCN(C2CCN(c3ccc(Nc4ncc(C(F)(F)F)c(Nc5cccc6c5C(=O)NC6)n4)c(CC(F)F)c3)CC2)CC1. The summed E-state index contributed by atoms with van der Waals surface area (Å²) in [6, 6.07) is 10.5. The summed E-state index contributed by atoms with van der Waals surface area (Å²) in [6.45, 7) is 12.7. The van der Waals surface area contributed by atoms with E-state index in [0.717, 1.165) is 57.8 Å². The van der Waals surface area contributed by atoms with Crippen molar-refractivity contribution in [1.29, 1.82) is 0 Å². The highest BCUT2D eigenvalue weighted by Gasteiger charge is 2.36. The van der Waals surface area contributed by atoms with Crippen LogP contribution in [0.1, 0.15) is 60.7 Å². The number of carbonyl (C=O) groups is 1. The van der Waals surface area contributed by atoms with E-state index in [0.29, 0.717) is 23.4 Å². The fourth-order valence-electron chi connectivity index (χ4n) is 6.86. The molecule has 2 saturated heterocycles. The molecule has 258 valence electrons. The maximum Gasteiger partial charge on any atom is 0.421 e. The van der Waals surface area contributed by atoms with E-state index in [1.807, 2.05) is 6.07 Å². The first-order valence-corrected chi connectivity index (χ1v) is 16.3. The van der Waals surface area contributed by atoms with Gasteiger partial charge in [0.2, 0.25) is 12.4 Å². The second-order valence-electron chi connectivity index (χ2n) is 13.6. The molecule has 3 aliphatic rings. The molecule has 48 heavy (non-hydrogen) atoms. The number of fused-ring (bicyclic) bond motifs is 1. The van der Waals surface area contributed by atoms with Gasteiger partial charge in [0.25, 0.3) is 5.91 Å².